The minimum Gasteiger partial charge on any atom is -0.468 e. The predicted octanol–water partition coefficient (Wildman–Crippen LogP) is 5.32. The van der Waals surface area contributed by atoms with Crippen LogP contribution in [0.3, 0.4) is 0 Å². The molecule has 5 nitrogen and oxygen atoms in total. The Hall–Kier alpha value is -1.95. The number of rotatable bonds is 4. The van der Waals surface area contributed by atoms with E-state index in [4.69, 9.17) is 9.15 Å². The molecule has 0 aliphatic rings. The van der Waals surface area contributed by atoms with E-state index in [-0.39, 0.29) is 5.41 Å². The molecule has 0 fully saturated rings. The van der Waals surface area contributed by atoms with Crippen LogP contribution >= 0.6 is 15.9 Å². The van der Waals surface area contributed by atoms with Gasteiger partial charge in [0, 0.05) is 16.2 Å². The first-order chi connectivity index (χ1) is 10.7. The van der Waals surface area contributed by atoms with Crippen molar-refractivity contribution in [2.45, 2.75) is 26.8 Å². The molecule has 1 aromatic carbocycles. The summed E-state index contributed by atoms with van der Waals surface area (Å²) in [5.74, 6) is 0.894. The quantitative estimate of drug-likeness (QED) is 0.777. The number of ether oxygens (including phenoxy) is 1. The van der Waals surface area contributed by atoms with Gasteiger partial charge in [-0.1, -0.05) is 42.8 Å². The molecule has 1 N–H and O–H groups in total. The number of amides is 1. The summed E-state index contributed by atoms with van der Waals surface area (Å²) in [4.78, 5) is 13.3. The van der Waals surface area contributed by atoms with Crippen molar-refractivity contribution in [3.8, 4) is 5.95 Å². The number of carboxylic acid groups (broad SMARTS) is 1. The third kappa shape index (κ3) is 3.88. The fraction of sp³-hybridized carbons (Fsp3) is 0.353. The highest BCUT2D eigenvalue weighted by Crippen LogP contribution is 2.42. The van der Waals surface area contributed by atoms with Gasteiger partial charge in [-0.2, -0.15) is 0 Å². The average molecular weight is 382 g/mol. The van der Waals surface area contributed by atoms with Crippen molar-refractivity contribution in [2.75, 3.05) is 12.0 Å². The molecule has 1 heterocycles. The topological polar surface area (TPSA) is 62.9 Å². The molecule has 1 atom stereocenters. The van der Waals surface area contributed by atoms with E-state index >= 15 is 0 Å². The zero-order valence-electron chi connectivity index (χ0n) is 13.5. The maximum atomic E-state index is 12.0. The fourth-order valence-corrected chi connectivity index (χ4v) is 2.92. The molecule has 2 rings (SSSR count). The molecule has 1 amide bonds. The Balaban J connectivity index is 2.56. The van der Waals surface area contributed by atoms with Gasteiger partial charge in [0.25, 0.3) is 5.95 Å². The summed E-state index contributed by atoms with van der Waals surface area (Å²) in [5, 5.41) is 9.81. The van der Waals surface area contributed by atoms with Gasteiger partial charge in [0.1, 0.15) is 11.8 Å². The van der Waals surface area contributed by atoms with E-state index in [1.54, 1.807) is 30.3 Å². The van der Waals surface area contributed by atoms with Gasteiger partial charge in [0.2, 0.25) is 0 Å². The fourth-order valence-electron chi connectivity index (χ4n) is 2.53. The van der Waals surface area contributed by atoms with Gasteiger partial charge in [-0.05, 0) is 29.7 Å². The number of methoxy groups -OCH3 is 1. The van der Waals surface area contributed by atoms with E-state index in [1.807, 2.05) is 26.8 Å². The molecule has 6 heteroatoms. The first-order valence-electron chi connectivity index (χ1n) is 7.15. The first-order valence-corrected chi connectivity index (χ1v) is 7.95. The lowest BCUT2D eigenvalue weighted by Gasteiger charge is -2.37. The minimum absolute atomic E-state index is 0.355. The summed E-state index contributed by atoms with van der Waals surface area (Å²) in [7, 11) is 1.51. The Labute approximate surface area is 144 Å². The van der Waals surface area contributed by atoms with Crippen LogP contribution < -0.4 is 9.64 Å². The smallest absolute Gasteiger partial charge is 0.412 e. The lowest BCUT2D eigenvalue weighted by atomic mass is 9.84. The van der Waals surface area contributed by atoms with Crippen molar-refractivity contribution in [3.05, 3.63) is 46.6 Å². The number of halogens is 1. The summed E-state index contributed by atoms with van der Waals surface area (Å²) >= 11 is 3.39. The van der Waals surface area contributed by atoms with E-state index in [0.717, 1.165) is 4.47 Å². The van der Waals surface area contributed by atoms with Crippen LogP contribution in [-0.4, -0.2) is 18.3 Å². The molecule has 2 aromatic rings. The first kappa shape index (κ1) is 17.4. The van der Waals surface area contributed by atoms with E-state index in [9.17, 15) is 9.90 Å². The van der Waals surface area contributed by atoms with E-state index in [0.29, 0.717) is 17.4 Å². The zero-order chi connectivity index (χ0) is 17.2. The highest BCUT2D eigenvalue weighted by atomic mass is 79.9. The SMILES string of the molecule is COc1ccc(C(N(C(=O)O)c2cccc(Br)c2)C(C)(C)C)o1. The second-order valence-corrected chi connectivity index (χ2v) is 7.18. The monoisotopic (exact) mass is 381 g/mol. The van der Waals surface area contributed by atoms with Crippen LogP contribution in [0, 0.1) is 5.41 Å². The Morgan fingerprint density at radius 1 is 1.30 bits per heavy atom. The number of anilines is 1. The van der Waals surface area contributed by atoms with Gasteiger partial charge in [-0.15, -0.1) is 0 Å². The largest absolute Gasteiger partial charge is 0.468 e. The molecule has 0 spiro atoms. The summed E-state index contributed by atoms with van der Waals surface area (Å²) in [6.45, 7) is 5.92. The molecule has 1 aromatic heterocycles. The molecule has 0 aliphatic heterocycles. The third-order valence-electron chi connectivity index (χ3n) is 3.44. The van der Waals surface area contributed by atoms with Crippen molar-refractivity contribution in [1.82, 2.24) is 0 Å². The number of furan rings is 1. The molecule has 0 saturated heterocycles. The third-order valence-corrected chi connectivity index (χ3v) is 3.94. The molecule has 0 bridgehead atoms. The van der Waals surface area contributed by atoms with Gasteiger partial charge in [-0.25, -0.2) is 4.79 Å². The van der Waals surface area contributed by atoms with Crippen LogP contribution in [0.5, 0.6) is 5.95 Å². The van der Waals surface area contributed by atoms with Gasteiger partial charge in [0.05, 0.1) is 7.11 Å². The maximum Gasteiger partial charge on any atom is 0.412 e. The predicted molar refractivity (Wildman–Crippen MR) is 92.1 cm³/mol. The van der Waals surface area contributed by atoms with Crippen molar-refractivity contribution < 1.29 is 19.1 Å². The maximum absolute atomic E-state index is 12.0. The standard InChI is InChI=1S/C17H20BrNO4/c1-17(2,3)15(13-8-9-14(22-4)23-13)19(16(20)21)12-7-5-6-11(18)10-12/h5-10,15H,1-4H3,(H,20,21). The van der Waals surface area contributed by atoms with Gasteiger partial charge < -0.3 is 14.3 Å². The molecule has 23 heavy (non-hydrogen) atoms. The summed E-state index contributed by atoms with van der Waals surface area (Å²) in [6.07, 6.45) is -1.04. The van der Waals surface area contributed by atoms with Crippen molar-refractivity contribution >= 4 is 27.7 Å². The Bertz CT molecular complexity index is 690. The van der Waals surface area contributed by atoms with Crippen LogP contribution in [0.25, 0.3) is 0 Å². The van der Waals surface area contributed by atoms with Crippen LogP contribution in [0.2, 0.25) is 0 Å². The van der Waals surface area contributed by atoms with Gasteiger partial charge in [0.15, 0.2) is 0 Å². The van der Waals surface area contributed by atoms with Crippen molar-refractivity contribution in [2.24, 2.45) is 5.41 Å². The van der Waals surface area contributed by atoms with Crippen LogP contribution in [0.15, 0.2) is 45.3 Å². The normalized spacial score (nSPS) is 12.7. The number of hydrogen-bond donors (Lipinski definition) is 1. The Morgan fingerprint density at radius 3 is 2.48 bits per heavy atom. The number of nitrogens with zero attached hydrogens (tertiary/aromatic N) is 1. The highest BCUT2D eigenvalue weighted by Gasteiger charge is 2.38. The van der Waals surface area contributed by atoms with Crippen LogP contribution in [-0.2, 0) is 0 Å². The molecular weight excluding hydrogens is 362 g/mol. The van der Waals surface area contributed by atoms with Crippen LogP contribution in [0.1, 0.15) is 32.6 Å². The van der Waals surface area contributed by atoms with Gasteiger partial charge >= 0.3 is 6.09 Å². The van der Waals surface area contributed by atoms with E-state index in [1.165, 1.54) is 12.0 Å². The number of hydrogen-bond acceptors (Lipinski definition) is 3. The van der Waals surface area contributed by atoms with Crippen molar-refractivity contribution in [1.29, 1.82) is 0 Å². The molecule has 1 unspecified atom stereocenters. The molecule has 0 saturated carbocycles. The van der Waals surface area contributed by atoms with Crippen LogP contribution in [0.4, 0.5) is 10.5 Å². The molecular formula is C17H20BrNO4. The second kappa shape index (κ2) is 6.66. The molecule has 124 valence electrons. The number of benzene rings is 1. The number of carbonyl (C=O) groups is 1. The lowest BCUT2D eigenvalue weighted by Crippen LogP contribution is -2.40. The van der Waals surface area contributed by atoms with E-state index in [2.05, 4.69) is 15.9 Å². The zero-order valence-corrected chi connectivity index (χ0v) is 15.1. The second-order valence-electron chi connectivity index (χ2n) is 6.26. The van der Waals surface area contributed by atoms with Gasteiger partial charge in [-0.3, -0.25) is 4.90 Å². The van der Waals surface area contributed by atoms with Crippen molar-refractivity contribution in [3.63, 3.8) is 0 Å². The van der Waals surface area contributed by atoms with E-state index < -0.39 is 12.1 Å². The lowest BCUT2D eigenvalue weighted by molar-refractivity contribution is 0.182. The minimum atomic E-state index is -1.04. The molecule has 0 radical (unpaired) electrons. The summed E-state index contributed by atoms with van der Waals surface area (Å²) in [6, 6.07) is 10.1. The Kier molecular flexibility index (Phi) is 5.04. The molecule has 0 aliphatic carbocycles. The Morgan fingerprint density at radius 2 is 2.00 bits per heavy atom. The average Bonchev–Trinajstić information content (AvgIpc) is 2.91. The summed E-state index contributed by atoms with van der Waals surface area (Å²) in [5.41, 5.74) is 0.186. The summed E-state index contributed by atoms with van der Waals surface area (Å²) < 4.78 is 11.6. The highest BCUT2D eigenvalue weighted by molar-refractivity contribution is 9.10.